The second kappa shape index (κ2) is 8.93. The number of halogens is 2. The van der Waals surface area contributed by atoms with Crippen molar-refractivity contribution in [3.63, 3.8) is 0 Å². The Morgan fingerprint density at radius 2 is 1.50 bits per heavy atom. The van der Waals surface area contributed by atoms with E-state index < -0.39 is 27.7 Å². The van der Waals surface area contributed by atoms with Crippen molar-refractivity contribution in [1.29, 1.82) is 0 Å². The first kappa shape index (κ1) is 21.3. The molecule has 0 aliphatic carbocycles. The lowest BCUT2D eigenvalue weighted by Gasteiger charge is -2.11. The Bertz CT molecular complexity index is 1220. The summed E-state index contributed by atoms with van der Waals surface area (Å²) in [6, 6.07) is 16.7. The fourth-order valence-electron chi connectivity index (χ4n) is 2.45. The number of carbonyl (C=O) groups is 2. The molecule has 0 aliphatic heterocycles. The molecule has 0 saturated heterocycles. The highest BCUT2D eigenvalue weighted by Gasteiger charge is 2.18. The number of amides is 2. The summed E-state index contributed by atoms with van der Waals surface area (Å²) in [6.07, 6.45) is 0. The van der Waals surface area contributed by atoms with Crippen LogP contribution in [0.25, 0.3) is 0 Å². The van der Waals surface area contributed by atoms with E-state index in [1.165, 1.54) is 48.5 Å². The highest BCUT2D eigenvalue weighted by Crippen LogP contribution is 2.24. The normalized spacial score (nSPS) is 10.9. The highest BCUT2D eigenvalue weighted by molar-refractivity contribution is 7.92. The van der Waals surface area contributed by atoms with Gasteiger partial charge in [0.2, 0.25) is 0 Å². The maximum atomic E-state index is 13.6. The Balaban J connectivity index is 1.73. The number of hydrazine groups is 1. The molecular formula is C20H15ClFN3O4S. The van der Waals surface area contributed by atoms with Gasteiger partial charge >= 0.3 is 0 Å². The van der Waals surface area contributed by atoms with E-state index in [9.17, 15) is 22.4 Å². The summed E-state index contributed by atoms with van der Waals surface area (Å²) in [5.74, 6) is -2.39. The van der Waals surface area contributed by atoms with E-state index in [1.807, 2.05) is 0 Å². The molecule has 30 heavy (non-hydrogen) atoms. The molecule has 0 bridgehead atoms. The number of sulfonamides is 1. The van der Waals surface area contributed by atoms with Gasteiger partial charge in [0.25, 0.3) is 21.8 Å². The van der Waals surface area contributed by atoms with Gasteiger partial charge in [-0.3, -0.25) is 25.2 Å². The molecule has 0 fully saturated rings. The zero-order valence-electron chi connectivity index (χ0n) is 15.2. The fourth-order valence-corrected chi connectivity index (χ4v) is 3.81. The van der Waals surface area contributed by atoms with Crippen molar-refractivity contribution in [2.45, 2.75) is 4.90 Å². The van der Waals surface area contributed by atoms with Gasteiger partial charge in [-0.2, -0.15) is 0 Å². The SMILES string of the molecule is O=C(NNC(=O)c1ccccc1F)c1cccc(S(=O)(=O)Nc2ccccc2Cl)c1. The summed E-state index contributed by atoms with van der Waals surface area (Å²) >= 11 is 5.97. The summed E-state index contributed by atoms with van der Waals surface area (Å²) in [6.45, 7) is 0. The minimum Gasteiger partial charge on any atom is -0.278 e. The quantitative estimate of drug-likeness (QED) is 0.521. The molecule has 0 aromatic heterocycles. The molecule has 0 heterocycles. The minimum atomic E-state index is -4.02. The molecule has 0 spiro atoms. The van der Waals surface area contributed by atoms with Gasteiger partial charge in [0, 0.05) is 5.56 Å². The first-order valence-corrected chi connectivity index (χ1v) is 10.4. The topological polar surface area (TPSA) is 104 Å². The fraction of sp³-hybridized carbons (Fsp3) is 0. The van der Waals surface area contributed by atoms with Crippen LogP contribution in [-0.2, 0) is 10.0 Å². The zero-order valence-corrected chi connectivity index (χ0v) is 16.8. The van der Waals surface area contributed by atoms with Gasteiger partial charge < -0.3 is 0 Å². The van der Waals surface area contributed by atoms with E-state index in [2.05, 4.69) is 15.6 Å². The number of hydrogen-bond acceptors (Lipinski definition) is 4. The molecule has 10 heteroatoms. The van der Waals surface area contributed by atoms with Crippen LogP contribution in [0.2, 0.25) is 5.02 Å². The van der Waals surface area contributed by atoms with Crippen LogP contribution in [0.3, 0.4) is 0 Å². The molecule has 2 amide bonds. The zero-order chi connectivity index (χ0) is 21.7. The number of carbonyl (C=O) groups excluding carboxylic acids is 2. The lowest BCUT2D eigenvalue weighted by molar-refractivity contribution is 0.0844. The van der Waals surface area contributed by atoms with Crippen molar-refractivity contribution in [2.24, 2.45) is 0 Å². The number of hydrogen-bond donors (Lipinski definition) is 3. The first-order chi connectivity index (χ1) is 14.3. The average Bonchev–Trinajstić information content (AvgIpc) is 2.74. The summed E-state index contributed by atoms with van der Waals surface area (Å²) in [5.41, 5.74) is 4.10. The third-order valence-corrected chi connectivity index (χ3v) is 5.63. The van der Waals surface area contributed by atoms with E-state index >= 15 is 0 Å². The van der Waals surface area contributed by atoms with Crippen molar-refractivity contribution in [3.05, 3.63) is 94.8 Å². The molecule has 3 aromatic carbocycles. The second-order valence-corrected chi connectivity index (χ2v) is 8.09. The Kier molecular flexibility index (Phi) is 6.34. The lowest BCUT2D eigenvalue weighted by Crippen LogP contribution is -2.42. The predicted molar refractivity (Wildman–Crippen MR) is 110 cm³/mol. The summed E-state index contributed by atoms with van der Waals surface area (Å²) < 4.78 is 41.2. The number of nitrogens with one attached hydrogen (secondary N) is 3. The smallest absolute Gasteiger partial charge is 0.272 e. The molecule has 3 rings (SSSR count). The van der Waals surface area contributed by atoms with Crippen LogP contribution in [0.1, 0.15) is 20.7 Å². The van der Waals surface area contributed by atoms with E-state index in [1.54, 1.807) is 12.1 Å². The highest BCUT2D eigenvalue weighted by atomic mass is 35.5. The maximum absolute atomic E-state index is 13.6. The lowest BCUT2D eigenvalue weighted by atomic mass is 10.2. The molecule has 0 aliphatic rings. The largest absolute Gasteiger partial charge is 0.278 e. The van der Waals surface area contributed by atoms with Gasteiger partial charge in [-0.15, -0.1) is 0 Å². The maximum Gasteiger partial charge on any atom is 0.272 e. The van der Waals surface area contributed by atoms with Crippen LogP contribution in [0.5, 0.6) is 0 Å². The Morgan fingerprint density at radius 1 is 0.833 bits per heavy atom. The number of rotatable bonds is 5. The molecule has 0 atom stereocenters. The number of benzene rings is 3. The van der Waals surface area contributed by atoms with E-state index in [-0.39, 0.29) is 26.7 Å². The van der Waals surface area contributed by atoms with Gasteiger partial charge in [0.15, 0.2) is 0 Å². The molecule has 3 N–H and O–H groups in total. The van der Waals surface area contributed by atoms with Crippen LogP contribution in [0, 0.1) is 5.82 Å². The standard InChI is InChI=1S/C20H15ClFN3O4S/c21-16-9-2-4-11-18(16)25-30(28,29)14-7-5-6-13(12-14)19(26)23-24-20(27)15-8-1-3-10-17(15)22/h1-12,25H,(H,23,26)(H,24,27). The third-order valence-electron chi connectivity index (χ3n) is 3.93. The molecular weight excluding hydrogens is 433 g/mol. The number of anilines is 1. The van der Waals surface area contributed by atoms with Crippen LogP contribution in [-0.4, -0.2) is 20.2 Å². The number of para-hydroxylation sites is 1. The minimum absolute atomic E-state index is 0.0362. The third kappa shape index (κ3) is 4.94. The Hall–Kier alpha value is -3.43. The monoisotopic (exact) mass is 447 g/mol. The predicted octanol–water partition coefficient (Wildman–Crippen LogP) is 3.35. The van der Waals surface area contributed by atoms with Crippen molar-refractivity contribution >= 4 is 39.1 Å². The van der Waals surface area contributed by atoms with Crippen molar-refractivity contribution < 1.29 is 22.4 Å². The Labute approximate surface area is 176 Å². The van der Waals surface area contributed by atoms with Crippen LogP contribution in [0.15, 0.2) is 77.7 Å². The molecule has 154 valence electrons. The molecule has 0 saturated carbocycles. The van der Waals surface area contributed by atoms with Gasteiger partial charge in [0.1, 0.15) is 5.82 Å². The van der Waals surface area contributed by atoms with Gasteiger partial charge in [0.05, 0.1) is 21.2 Å². The second-order valence-electron chi connectivity index (χ2n) is 6.00. The van der Waals surface area contributed by atoms with Crippen LogP contribution >= 0.6 is 11.6 Å². The van der Waals surface area contributed by atoms with Crippen molar-refractivity contribution in [3.8, 4) is 0 Å². The molecule has 3 aromatic rings. The van der Waals surface area contributed by atoms with Crippen molar-refractivity contribution in [2.75, 3.05) is 4.72 Å². The summed E-state index contributed by atoms with van der Waals surface area (Å²) in [7, 11) is -4.02. The Morgan fingerprint density at radius 3 is 2.23 bits per heavy atom. The van der Waals surface area contributed by atoms with Crippen LogP contribution in [0.4, 0.5) is 10.1 Å². The van der Waals surface area contributed by atoms with Gasteiger partial charge in [-0.05, 0) is 42.5 Å². The van der Waals surface area contributed by atoms with Gasteiger partial charge in [-0.1, -0.05) is 41.9 Å². The molecule has 7 nitrogen and oxygen atoms in total. The average molecular weight is 448 g/mol. The van der Waals surface area contributed by atoms with E-state index in [4.69, 9.17) is 11.6 Å². The molecule has 0 radical (unpaired) electrons. The first-order valence-electron chi connectivity index (χ1n) is 8.50. The van der Waals surface area contributed by atoms with E-state index in [0.717, 1.165) is 12.1 Å². The van der Waals surface area contributed by atoms with Crippen molar-refractivity contribution in [1.82, 2.24) is 10.9 Å². The molecule has 0 unspecified atom stereocenters. The summed E-state index contributed by atoms with van der Waals surface area (Å²) in [5, 5.41) is 0.214. The van der Waals surface area contributed by atoms with Crippen LogP contribution < -0.4 is 15.6 Å². The van der Waals surface area contributed by atoms with E-state index in [0.29, 0.717) is 0 Å². The van der Waals surface area contributed by atoms with Gasteiger partial charge in [-0.25, -0.2) is 12.8 Å². The summed E-state index contributed by atoms with van der Waals surface area (Å²) in [4.78, 5) is 24.1.